The molecule has 4 aromatic rings. The van der Waals surface area contributed by atoms with Gasteiger partial charge in [-0.1, -0.05) is 0 Å². The van der Waals surface area contributed by atoms with E-state index in [9.17, 15) is 0 Å². The lowest BCUT2D eigenvalue weighted by molar-refractivity contribution is 0.0701. The van der Waals surface area contributed by atoms with E-state index in [0.717, 1.165) is 72.5 Å². The molecule has 0 amide bonds. The van der Waals surface area contributed by atoms with E-state index in [2.05, 4.69) is 49.3 Å². The van der Waals surface area contributed by atoms with Crippen molar-refractivity contribution in [2.75, 3.05) is 25.6 Å². The molecular weight excluding hydrogens is 404 g/mol. The Morgan fingerprint density at radius 1 is 1.06 bits per heavy atom. The van der Waals surface area contributed by atoms with Crippen molar-refractivity contribution in [3.05, 3.63) is 36.5 Å². The number of aromatic nitrogens is 6. The number of hydrogen-bond acceptors (Lipinski definition) is 7. The standard InChI is InChI=1S/C23H28N8O/c1-14-27-22-20(31(14)18-4-7-32-8-5-18)9-15(12-25-22)19-3-6-30-21(19)13-26-23(29-30)28-17-10-16(11-17)24-2/h3,6,9,12-13,16-18,24H,4-5,7-8,10-11H2,1-2H3,(H,28,29)/t16-,17+. The van der Waals surface area contributed by atoms with Crippen molar-refractivity contribution < 1.29 is 4.74 Å². The molecule has 0 spiro atoms. The number of rotatable bonds is 5. The second-order valence-electron chi connectivity index (χ2n) is 8.88. The Morgan fingerprint density at radius 3 is 2.72 bits per heavy atom. The number of nitrogens with zero attached hydrogens (tertiary/aromatic N) is 6. The molecule has 5 heterocycles. The van der Waals surface area contributed by atoms with Crippen molar-refractivity contribution >= 4 is 22.6 Å². The Hall–Kier alpha value is -3.04. The van der Waals surface area contributed by atoms with E-state index in [1.165, 1.54) is 0 Å². The maximum atomic E-state index is 5.56. The summed E-state index contributed by atoms with van der Waals surface area (Å²) in [5.74, 6) is 1.68. The summed E-state index contributed by atoms with van der Waals surface area (Å²) in [4.78, 5) is 14.0. The van der Waals surface area contributed by atoms with Crippen LogP contribution in [0.2, 0.25) is 0 Å². The van der Waals surface area contributed by atoms with Crippen LogP contribution >= 0.6 is 0 Å². The first kappa shape index (κ1) is 19.6. The number of fused-ring (bicyclic) bond motifs is 2. The van der Waals surface area contributed by atoms with Crippen molar-refractivity contribution in [3.63, 3.8) is 0 Å². The first-order valence-corrected chi connectivity index (χ1v) is 11.4. The minimum atomic E-state index is 0.405. The summed E-state index contributed by atoms with van der Waals surface area (Å²) in [7, 11) is 2.01. The average Bonchev–Trinajstić information content (AvgIpc) is 3.35. The van der Waals surface area contributed by atoms with Crippen LogP contribution in [-0.2, 0) is 4.74 Å². The van der Waals surface area contributed by atoms with Gasteiger partial charge in [0.25, 0.3) is 0 Å². The summed E-state index contributed by atoms with van der Waals surface area (Å²) in [6, 6.07) is 5.71. The van der Waals surface area contributed by atoms with Crippen LogP contribution in [0, 0.1) is 6.92 Å². The van der Waals surface area contributed by atoms with Gasteiger partial charge in [0.05, 0.1) is 17.2 Å². The molecule has 0 bridgehead atoms. The van der Waals surface area contributed by atoms with Crippen molar-refractivity contribution in [2.45, 2.75) is 50.7 Å². The highest BCUT2D eigenvalue weighted by atomic mass is 16.5. The molecule has 0 unspecified atom stereocenters. The maximum absolute atomic E-state index is 5.56. The summed E-state index contributed by atoms with van der Waals surface area (Å²) in [6.45, 7) is 3.66. The van der Waals surface area contributed by atoms with Crippen LogP contribution in [0.15, 0.2) is 30.7 Å². The third-order valence-electron chi connectivity index (χ3n) is 6.89. The van der Waals surface area contributed by atoms with Gasteiger partial charge in [-0.2, -0.15) is 0 Å². The number of anilines is 1. The van der Waals surface area contributed by atoms with Crippen LogP contribution in [0.3, 0.4) is 0 Å². The molecule has 2 aliphatic rings. The molecule has 0 atom stereocenters. The lowest BCUT2D eigenvalue weighted by Gasteiger charge is -2.35. The molecule has 1 saturated carbocycles. The summed E-state index contributed by atoms with van der Waals surface area (Å²) in [5, 5.41) is 11.4. The summed E-state index contributed by atoms with van der Waals surface area (Å²) >= 11 is 0. The van der Waals surface area contributed by atoms with Crippen molar-refractivity contribution in [1.82, 2.24) is 34.4 Å². The maximum Gasteiger partial charge on any atom is 0.241 e. The SMILES string of the molecule is CN[C@H]1C[C@@H](Nc2ncc3c(-c4cnc5nc(C)n(C6CCOCC6)c5c4)ccn3n2)C1. The van der Waals surface area contributed by atoms with Crippen molar-refractivity contribution in [2.24, 2.45) is 0 Å². The van der Waals surface area contributed by atoms with E-state index >= 15 is 0 Å². The van der Waals surface area contributed by atoms with E-state index in [1.54, 1.807) is 0 Å². The van der Waals surface area contributed by atoms with E-state index in [0.29, 0.717) is 24.1 Å². The Kier molecular flexibility index (Phi) is 4.80. The topological polar surface area (TPSA) is 94.2 Å². The molecule has 1 saturated heterocycles. The fourth-order valence-corrected chi connectivity index (χ4v) is 5.01. The number of hydrogen-bond donors (Lipinski definition) is 2. The molecule has 2 N–H and O–H groups in total. The number of imidazole rings is 1. The Labute approximate surface area is 186 Å². The average molecular weight is 433 g/mol. The summed E-state index contributed by atoms with van der Waals surface area (Å²) in [5.41, 5.74) is 4.96. The number of pyridine rings is 1. The lowest BCUT2D eigenvalue weighted by Crippen LogP contribution is -2.46. The molecule has 9 nitrogen and oxygen atoms in total. The van der Waals surface area contributed by atoms with Crippen LogP contribution in [0.4, 0.5) is 5.95 Å². The first-order chi connectivity index (χ1) is 15.7. The quantitative estimate of drug-likeness (QED) is 0.501. The van der Waals surface area contributed by atoms with Gasteiger partial charge in [0.2, 0.25) is 5.95 Å². The lowest BCUT2D eigenvalue weighted by atomic mass is 9.87. The molecule has 0 aromatic carbocycles. The monoisotopic (exact) mass is 432 g/mol. The summed E-state index contributed by atoms with van der Waals surface area (Å²) in [6.07, 6.45) is 9.99. The van der Waals surface area contributed by atoms with Crippen LogP contribution < -0.4 is 10.6 Å². The van der Waals surface area contributed by atoms with Gasteiger partial charge in [0.15, 0.2) is 5.65 Å². The van der Waals surface area contributed by atoms with E-state index in [4.69, 9.17) is 9.72 Å². The molecule has 2 fully saturated rings. The highest BCUT2D eigenvalue weighted by molar-refractivity contribution is 5.85. The zero-order valence-electron chi connectivity index (χ0n) is 18.5. The smallest absolute Gasteiger partial charge is 0.241 e. The van der Waals surface area contributed by atoms with Crippen LogP contribution in [0.1, 0.15) is 37.5 Å². The summed E-state index contributed by atoms with van der Waals surface area (Å²) < 4.78 is 9.79. The third kappa shape index (κ3) is 3.32. The van der Waals surface area contributed by atoms with Crippen molar-refractivity contribution in [3.8, 4) is 11.1 Å². The molecule has 1 aliphatic heterocycles. The zero-order chi connectivity index (χ0) is 21.7. The third-order valence-corrected chi connectivity index (χ3v) is 6.89. The second-order valence-corrected chi connectivity index (χ2v) is 8.88. The fourth-order valence-electron chi connectivity index (χ4n) is 5.01. The Morgan fingerprint density at radius 2 is 1.91 bits per heavy atom. The molecule has 32 heavy (non-hydrogen) atoms. The zero-order valence-corrected chi connectivity index (χ0v) is 18.5. The molecule has 9 heteroatoms. The van der Waals surface area contributed by atoms with Gasteiger partial charge in [-0.3, -0.25) is 0 Å². The molecule has 1 aliphatic carbocycles. The van der Waals surface area contributed by atoms with Crippen LogP contribution in [0.5, 0.6) is 0 Å². The molecule has 6 rings (SSSR count). The van der Waals surface area contributed by atoms with Gasteiger partial charge in [-0.25, -0.2) is 19.5 Å². The largest absolute Gasteiger partial charge is 0.381 e. The second kappa shape index (κ2) is 7.83. The van der Waals surface area contributed by atoms with Crippen molar-refractivity contribution in [1.29, 1.82) is 0 Å². The highest BCUT2D eigenvalue weighted by Crippen LogP contribution is 2.31. The Bertz CT molecular complexity index is 1270. The van der Waals surface area contributed by atoms with Crippen LogP contribution in [-0.4, -0.2) is 61.5 Å². The van der Waals surface area contributed by atoms with Gasteiger partial charge in [-0.15, -0.1) is 5.10 Å². The van der Waals surface area contributed by atoms with E-state index in [-0.39, 0.29) is 0 Å². The predicted molar refractivity (Wildman–Crippen MR) is 123 cm³/mol. The number of nitrogens with one attached hydrogen (secondary N) is 2. The molecule has 0 radical (unpaired) electrons. The molecular formula is C23H28N8O. The number of aryl methyl sites for hydroxylation is 1. The van der Waals surface area contributed by atoms with Crippen LogP contribution in [0.25, 0.3) is 27.8 Å². The number of ether oxygens (including phenoxy) is 1. The minimum Gasteiger partial charge on any atom is -0.381 e. The van der Waals surface area contributed by atoms with Gasteiger partial charge in [0.1, 0.15) is 5.82 Å². The van der Waals surface area contributed by atoms with Gasteiger partial charge >= 0.3 is 0 Å². The minimum absolute atomic E-state index is 0.405. The normalized spacial score (nSPS) is 21.8. The van der Waals surface area contributed by atoms with Gasteiger partial charge < -0.3 is 19.9 Å². The highest BCUT2D eigenvalue weighted by Gasteiger charge is 2.28. The van der Waals surface area contributed by atoms with Gasteiger partial charge in [-0.05, 0) is 51.8 Å². The van der Waals surface area contributed by atoms with E-state index < -0.39 is 0 Å². The first-order valence-electron chi connectivity index (χ1n) is 11.4. The van der Waals surface area contributed by atoms with Gasteiger partial charge in [0, 0.05) is 54.9 Å². The Balaban J connectivity index is 1.32. The molecule has 4 aromatic heterocycles. The van der Waals surface area contributed by atoms with E-state index in [1.807, 2.05) is 30.2 Å². The molecule has 166 valence electrons. The predicted octanol–water partition coefficient (Wildman–Crippen LogP) is 2.96. The fraction of sp³-hybridized carbons (Fsp3) is 0.478.